The monoisotopic (exact) mass is 420 g/mol. The average molecular weight is 421 g/mol. The second-order valence-corrected chi connectivity index (χ2v) is 7.49. The molecule has 0 unspecified atom stereocenters. The molecule has 0 radical (unpaired) electrons. The van der Waals surface area contributed by atoms with Crippen LogP contribution in [0.5, 0.6) is 0 Å². The Kier molecular flexibility index (Phi) is 5.99. The molecule has 0 spiro atoms. The van der Waals surface area contributed by atoms with Crippen LogP contribution in [0.15, 0.2) is 42.5 Å². The smallest absolute Gasteiger partial charge is 0.240 e. The molecule has 1 aromatic heterocycles. The normalized spacial score (nSPS) is 12.0. The molecule has 3 rings (SSSR count). The zero-order valence-electron chi connectivity index (χ0n) is 14.8. The van der Waals surface area contributed by atoms with Gasteiger partial charge >= 0.3 is 0 Å². The van der Waals surface area contributed by atoms with Crippen molar-refractivity contribution < 1.29 is 4.79 Å². The van der Waals surface area contributed by atoms with Gasteiger partial charge in [0, 0.05) is 15.6 Å². The third-order valence-electron chi connectivity index (χ3n) is 4.14. The van der Waals surface area contributed by atoms with E-state index in [-0.39, 0.29) is 18.5 Å². The van der Waals surface area contributed by atoms with Crippen LogP contribution in [0.3, 0.4) is 0 Å². The lowest BCUT2D eigenvalue weighted by atomic mass is 10.1. The van der Waals surface area contributed by atoms with Gasteiger partial charge < -0.3 is 5.32 Å². The molecular formula is C19H18Cl2N4OS. The number of amides is 1. The highest BCUT2D eigenvalue weighted by Crippen LogP contribution is 2.26. The van der Waals surface area contributed by atoms with Crippen LogP contribution in [-0.4, -0.2) is 20.7 Å². The second-order valence-electron chi connectivity index (χ2n) is 6.26. The van der Waals surface area contributed by atoms with Gasteiger partial charge in [0.25, 0.3) is 0 Å². The number of carbonyl (C=O) groups excluding carboxylic acids is 1. The molecule has 0 aliphatic carbocycles. The van der Waals surface area contributed by atoms with E-state index in [0.717, 1.165) is 16.7 Å². The second kappa shape index (κ2) is 8.25. The number of nitrogens with one attached hydrogen (secondary N) is 2. The standard InChI is InChI=1S/C19H18Cl2N4OS/c1-11-4-3-5-13(8-11)18-23-24-19(27)25(18)10-17(26)22-12(2)15-7-6-14(20)9-16(15)21/h3-9,12H,10H2,1-2H3,(H,22,26)(H,24,27)/t12-/m1/s1. The molecule has 1 amide bonds. The molecule has 0 fully saturated rings. The molecule has 0 aliphatic heterocycles. The minimum Gasteiger partial charge on any atom is -0.348 e. The number of rotatable bonds is 5. The van der Waals surface area contributed by atoms with Crippen LogP contribution in [0, 0.1) is 11.7 Å². The van der Waals surface area contributed by atoms with Gasteiger partial charge in [-0.3, -0.25) is 14.5 Å². The Labute approximate surface area is 172 Å². The number of aromatic nitrogens is 3. The summed E-state index contributed by atoms with van der Waals surface area (Å²) in [6, 6.07) is 12.8. The van der Waals surface area contributed by atoms with Crippen LogP contribution in [0.2, 0.25) is 10.0 Å². The summed E-state index contributed by atoms with van der Waals surface area (Å²) in [5, 5.41) is 11.0. The highest BCUT2D eigenvalue weighted by atomic mass is 35.5. The maximum atomic E-state index is 12.6. The topological polar surface area (TPSA) is 62.7 Å². The van der Waals surface area contributed by atoms with Crippen molar-refractivity contribution in [3.05, 3.63) is 68.4 Å². The lowest BCUT2D eigenvalue weighted by molar-refractivity contribution is -0.122. The van der Waals surface area contributed by atoms with E-state index in [0.29, 0.717) is 20.6 Å². The lowest BCUT2D eigenvalue weighted by Crippen LogP contribution is -2.30. The number of benzene rings is 2. The summed E-state index contributed by atoms with van der Waals surface area (Å²) in [6.07, 6.45) is 0. The van der Waals surface area contributed by atoms with Gasteiger partial charge in [-0.15, -0.1) is 0 Å². The zero-order valence-corrected chi connectivity index (χ0v) is 17.1. The van der Waals surface area contributed by atoms with Crippen molar-refractivity contribution in [3.8, 4) is 11.4 Å². The third-order valence-corrected chi connectivity index (χ3v) is 5.02. The molecule has 0 aliphatic rings. The summed E-state index contributed by atoms with van der Waals surface area (Å²) in [5.41, 5.74) is 2.79. The fourth-order valence-corrected chi connectivity index (χ4v) is 3.60. The molecule has 8 heteroatoms. The van der Waals surface area contributed by atoms with Gasteiger partial charge in [0.05, 0.1) is 6.04 Å². The first-order valence-corrected chi connectivity index (χ1v) is 9.48. The summed E-state index contributed by atoms with van der Waals surface area (Å²) in [6.45, 7) is 3.91. The van der Waals surface area contributed by atoms with Gasteiger partial charge in [0.2, 0.25) is 5.91 Å². The summed E-state index contributed by atoms with van der Waals surface area (Å²) in [4.78, 5) is 12.6. The molecule has 2 aromatic carbocycles. The summed E-state index contributed by atoms with van der Waals surface area (Å²) >= 11 is 17.4. The van der Waals surface area contributed by atoms with E-state index < -0.39 is 0 Å². The predicted octanol–water partition coefficient (Wildman–Crippen LogP) is 5.10. The van der Waals surface area contributed by atoms with Crippen LogP contribution in [0.4, 0.5) is 0 Å². The number of aromatic amines is 1. The van der Waals surface area contributed by atoms with Crippen molar-refractivity contribution in [1.82, 2.24) is 20.1 Å². The first-order valence-electron chi connectivity index (χ1n) is 8.31. The first-order chi connectivity index (χ1) is 12.8. The third kappa shape index (κ3) is 4.58. The van der Waals surface area contributed by atoms with E-state index in [9.17, 15) is 4.79 Å². The van der Waals surface area contributed by atoms with Gasteiger partial charge in [-0.25, -0.2) is 0 Å². The largest absolute Gasteiger partial charge is 0.348 e. The molecule has 1 atom stereocenters. The number of aryl methyl sites for hydroxylation is 1. The van der Waals surface area contributed by atoms with Crippen molar-refractivity contribution in [2.45, 2.75) is 26.4 Å². The van der Waals surface area contributed by atoms with E-state index in [4.69, 9.17) is 35.4 Å². The molecule has 3 aromatic rings. The Hall–Kier alpha value is -2.15. The number of H-pyrrole nitrogens is 1. The number of nitrogens with zero attached hydrogens (tertiary/aromatic N) is 2. The van der Waals surface area contributed by atoms with E-state index in [1.807, 2.05) is 38.1 Å². The fourth-order valence-electron chi connectivity index (χ4n) is 2.83. The number of hydrogen-bond acceptors (Lipinski definition) is 3. The van der Waals surface area contributed by atoms with Crippen molar-refractivity contribution in [2.75, 3.05) is 0 Å². The van der Waals surface area contributed by atoms with E-state index in [1.54, 1.807) is 22.8 Å². The van der Waals surface area contributed by atoms with E-state index in [2.05, 4.69) is 15.5 Å². The highest BCUT2D eigenvalue weighted by Gasteiger charge is 2.16. The Morgan fingerprint density at radius 1 is 1.30 bits per heavy atom. The minimum atomic E-state index is -0.272. The van der Waals surface area contributed by atoms with Gasteiger partial charge in [-0.05, 0) is 49.8 Å². The highest BCUT2D eigenvalue weighted by molar-refractivity contribution is 7.71. The first kappa shape index (κ1) is 19.6. The molecule has 140 valence electrons. The van der Waals surface area contributed by atoms with Gasteiger partial charge in [0.15, 0.2) is 10.6 Å². The Bertz CT molecular complexity index is 1040. The van der Waals surface area contributed by atoms with Crippen LogP contribution >= 0.6 is 35.4 Å². The molecule has 27 heavy (non-hydrogen) atoms. The van der Waals surface area contributed by atoms with Crippen molar-refractivity contribution in [1.29, 1.82) is 0 Å². The zero-order chi connectivity index (χ0) is 19.6. The van der Waals surface area contributed by atoms with Crippen LogP contribution < -0.4 is 5.32 Å². The lowest BCUT2D eigenvalue weighted by Gasteiger charge is -2.16. The number of hydrogen-bond donors (Lipinski definition) is 2. The van der Waals surface area contributed by atoms with E-state index in [1.165, 1.54) is 0 Å². The molecule has 5 nitrogen and oxygen atoms in total. The SMILES string of the molecule is Cc1cccc(-c2n[nH]c(=S)n2CC(=O)N[C@H](C)c2ccc(Cl)cc2Cl)c1. The predicted molar refractivity (Wildman–Crippen MR) is 111 cm³/mol. The van der Waals surface area contributed by atoms with Crippen LogP contribution in [0.25, 0.3) is 11.4 Å². The summed E-state index contributed by atoms with van der Waals surface area (Å²) in [5.74, 6) is 0.427. The van der Waals surface area contributed by atoms with Crippen LogP contribution in [0.1, 0.15) is 24.1 Å². The van der Waals surface area contributed by atoms with Crippen LogP contribution in [-0.2, 0) is 11.3 Å². The molecule has 1 heterocycles. The number of carbonyl (C=O) groups is 1. The van der Waals surface area contributed by atoms with E-state index >= 15 is 0 Å². The maximum Gasteiger partial charge on any atom is 0.240 e. The molecular weight excluding hydrogens is 403 g/mol. The molecule has 0 saturated carbocycles. The van der Waals surface area contributed by atoms with Gasteiger partial charge in [-0.1, -0.05) is 53.0 Å². The molecule has 0 bridgehead atoms. The molecule has 2 N–H and O–H groups in total. The van der Waals surface area contributed by atoms with Crippen molar-refractivity contribution in [2.24, 2.45) is 0 Å². The maximum absolute atomic E-state index is 12.6. The van der Waals surface area contributed by atoms with Crippen molar-refractivity contribution in [3.63, 3.8) is 0 Å². The fraction of sp³-hybridized carbons (Fsp3) is 0.211. The Morgan fingerprint density at radius 2 is 2.07 bits per heavy atom. The quantitative estimate of drug-likeness (QED) is 0.564. The van der Waals surface area contributed by atoms with Gasteiger partial charge in [-0.2, -0.15) is 5.10 Å². The number of halogens is 2. The Balaban J connectivity index is 1.79. The Morgan fingerprint density at radius 3 is 2.78 bits per heavy atom. The minimum absolute atomic E-state index is 0.0498. The summed E-state index contributed by atoms with van der Waals surface area (Å²) in [7, 11) is 0. The van der Waals surface area contributed by atoms with Gasteiger partial charge in [0.1, 0.15) is 6.54 Å². The summed E-state index contributed by atoms with van der Waals surface area (Å²) < 4.78 is 2.06. The van der Waals surface area contributed by atoms with Crippen molar-refractivity contribution >= 4 is 41.3 Å². The molecule has 0 saturated heterocycles. The average Bonchev–Trinajstić information content (AvgIpc) is 2.95.